The van der Waals surface area contributed by atoms with Crippen molar-refractivity contribution in [3.05, 3.63) is 63.2 Å². The Morgan fingerprint density at radius 2 is 1.96 bits per heavy atom. The number of rotatable bonds is 7. The van der Waals surface area contributed by atoms with E-state index in [-0.39, 0.29) is 17.8 Å². The van der Waals surface area contributed by atoms with Gasteiger partial charge in [0.1, 0.15) is 0 Å². The Labute approximate surface area is 164 Å². The number of benzene rings is 2. The van der Waals surface area contributed by atoms with Gasteiger partial charge in [0.2, 0.25) is 0 Å². The zero-order valence-corrected chi connectivity index (χ0v) is 15.4. The highest BCUT2D eigenvalue weighted by Crippen LogP contribution is 2.35. The van der Waals surface area contributed by atoms with E-state index in [0.717, 1.165) is 22.7 Å². The second-order valence-corrected chi connectivity index (χ2v) is 6.60. The summed E-state index contributed by atoms with van der Waals surface area (Å²) < 4.78 is 4.83. The van der Waals surface area contributed by atoms with E-state index < -0.39 is 23.4 Å². The molecular weight excluding hydrogens is 392 g/mol. The third-order valence-corrected chi connectivity index (χ3v) is 4.48. The van der Waals surface area contributed by atoms with Crippen LogP contribution >= 0.6 is 23.4 Å². The number of esters is 1. The van der Waals surface area contributed by atoms with Crippen molar-refractivity contribution in [2.45, 2.75) is 9.79 Å². The van der Waals surface area contributed by atoms with Crippen molar-refractivity contribution in [3.8, 4) is 12.3 Å². The number of carbonyl (C=O) groups is 2. The van der Waals surface area contributed by atoms with Crippen LogP contribution in [-0.4, -0.2) is 30.0 Å². The first-order valence-corrected chi connectivity index (χ1v) is 8.69. The molecule has 0 unspecified atom stereocenters. The normalized spacial score (nSPS) is 9.93. The molecule has 0 heterocycles. The molecule has 0 atom stereocenters. The maximum Gasteiger partial charge on any atom is 0.338 e. The van der Waals surface area contributed by atoms with Crippen molar-refractivity contribution in [2.24, 2.45) is 0 Å². The van der Waals surface area contributed by atoms with Gasteiger partial charge in [-0.15, -0.1) is 6.42 Å². The molecule has 2 aromatic carbocycles. The fourth-order valence-corrected chi connectivity index (χ4v) is 2.94. The van der Waals surface area contributed by atoms with Crippen molar-refractivity contribution in [2.75, 3.05) is 13.2 Å². The van der Waals surface area contributed by atoms with Crippen LogP contribution in [0.1, 0.15) is 10.4 Å². The SMILES string of the molecule is C#CCNC(=O)COC(=O)c1ccc(Sc2ccc(Cl)cc2)c([N+](=O)[O-])c1. The first-order chi connectivity index (χ1) is 12.9. The third-order valence-electron chi connectivity index (χ3n) is 3.15. The number of hydrogen-bond donors (Lipinski definition) is 1. The molecule has 27 heavy (non-hydrogen) atoms. The standard InChI is InChI=1S/C18H13ClN2O5S/c1-2-9-20-17(22)11-26-18(23)12-3-8-16(15(10-12)21(24)25)27-14-6-4-13(19)5-7-14/h1,3-8,10H,9,11H2,(H,20,22). The number of ether oxygens (including phenoxy) is 1. The maximum absolute atomic E-state index is 12.0. The molecule has 0 aliphatic carbocycles. The molecular formula is C18H13ClN2O5S. The molecule has 0 aliphatic rings. The zero-order valence-electron chi connectivity index (χ0n) is 13.8. The lowest BCUT2D eigenvalue weighted by Gasteiger charge is -2.07. The lowest BCUT2D eigenvalue weighted by atomic mass is 10.2. The molecule has 0 aliphatic heterocycles. The number of hydrogen-bond acceptors (Lipinski definition) is 6. The highest BCUT2D eigenvalue weighted by Gasteiger charge is 2.19. The van der Waals surface area contributed by atoms with Crippen LogP contribution in [-0.2, 0) is 9.53 Å². The summed E-state index contributed by atoms with van der Waals surface area (Å²) >= 11 is 6.99. The maximum atomic E-state index is 12.0. The first-order valence-electron chi connectivity index (χ1n) is 7.50. The number of nitrogens with one attached hydrogen (secondary N) is 1. The molecule has 7 nitrogen and oxygen atoms in total. The number of nitrogens with zero attached hydrogens (tertiary/aromatic N) is 1. The molecule has 9 heteroatoms. The summed E-state index contributed by atoms with van der Waals surface area (Å²) in [7, 11) is 0. The third kappa shape index (κ3) is 6.02. The second-order valence-electron chi connectivity index (χ2n) is 5.05. The molecule has 0 radical (unpaired) electrons. The van der Waals surface area contributed by atoms with Crippen molar-refractivity contribution in [1.82, 2.24) is 5.32 Å². The molecule has 0 saturated carbocycles. The summed E-state index contributed by atoms with van der Waals surface area (Å²) in [4.78, 5) is 35.3. The van der Waals surface area contributed by atoms with Gasteiger partial charge >= 0.3 is 5.97 Å². The summed E-state index contributed by atoms with van der Waals surface area (Å²) in [6, 6.07) is 10.8. The average molecular weight is 405 g/mol. The molecule has 2 rings (SSSR count). The van der Waals surface area contributed by atoms with Gasteiger partial charge in [-0.3, -0.25) is 14.9 Å². The van der Waals surface area contributed by atoms with Gasteiger partial charge in [-0.2, -0.15) is 0 Å². The lowest BCUT2D eigenvalue weighted by molar-refractivity contribution is -0.387. The van der Waals surface area contributed by atoms with Gasteiger partial charge in [0.05, 0.1) is 21.9 Å². The van der Waals surface area contributed by atoms with E-state index >= 15 is 0 Å². The number of nitro groups is 1. The van der Waals surface area contributed by atoms with Crippen molar-refractivity contribution in [1.29, 1.82) is 0 Å². The first kappa shape index (κ1) is 20.3. The Hall–Kier alpha value is -3.02. The van der Waals surface area contributed by atoms with E-state index in [2.05, 4.69) is 11.2 Å². The van der Waals surface area contributed by atoms with Crippen LogP contribution in [0.2, 0.25) is 5.02 Å². The molecule has 0 saturated heterocycles. The van der Waals surface area contributed by atoms with Gasteiger partial charge in [0, 0.05) is 16.0 Å². The minimum atomic E-state index is -0.850. The smallest absolute Gasteiger partial charge is 0.338 e. The fraction of sp³-hybridized carbons (Fsp3) is 0.111. The highest BCUT2D eigenvalue weighted by atomic mass is 35.5. The van der Waals surface area contributed by atoms with Crippen LogP contribution in [0.25, 0.3) is 0 Å². The fourth-order valence-electron chi connectivity index (χ4n) is 1.92. The van der Waals surface area contributed by atoms with Gasteiger partial charge in [-0.05, 0) is 36.4 Å². The van der Waals surface area contributed by atoms with Crippen LogP contribution in [0, 0.1) is 22.5 Å². The van der Waals surface area contributed by atoms with Crippen molar-refractivity contribution in [3.63, 3.8) is 0 Å². The molecule has 2 aromatic rings. The van der Waals surface area contributed by atoms with Crippen molar-refractivity contribution < 1.29 is 19.2 Å². The number of amides is 1. The number of nitro benzene ring substituents is 1. The van der Waals surface area contributed by atoms with Crippen LogP contribution in [0.5, 0.6) is 0 Å². The molecule has 0 fully saturated rings. The minimum Gasteiger partial charge on any atom is -0.452 e. The quantitative estimate of drug-likeness (QED) is 0.329. The van der Waals surface area contributed by atoms with Gasteiger partial charge in [-0.25, -0.2) is 4.79 Å². The largest absolute Gasteiger partial charge is 0.452 e. The van der Waals surface area contributed by atoms with Crippen LogP contribution in [0.4, 0.5) is 5.69 Å². The number of carbonyl (C=O) groups excluding carboxylic acids is 2. The molecule has 138 valence electrons. The Kier molecular flexibility index (Phi) is 7.23. The highest BCUT2D eigenvalue weighted by molar-refractivity contribution is 7.99. The predicted molar refractivity (Wildman–Crippen MR) is 101 cm³/mol. The molecule has 1 N–H and O–H groups in total. The summed E-state index contributed by atoms with van der Waals surface area (Å²) in [5.74, 6) is 0.796. The van der Waals surface area contributed by atoms with E-state index in [1.165, 1.54) is 12.1 Å². The lowest BCUT2D eigenvalue weighted by Crippen LogP contribution is -2.29. The van der Waals surface area contributed by atoms with E-state index in [0.29, 0.717) is 9.92 Å². The van der Waals surface area contributed by atoms with Gasteiger partial charge in [-0.1, -0.05) is 29.3 Å². The van der Waals surface area contributed by atoms with Gasteiger partial charge in [0.25, 0.3) is 11.6 Å². The second kappa shape index (κ2) is 9.62. The Balaban J connectivity index is 2.13. The average Bonchev–Trinajstić information content (AvgIpc) is 2.66. The van der Waals surface area contributed by atoms with E-state index in [4.69, 9.17) is 22.8 Å². The molecule has 0 aromatic heterocycles. The van der Waals surface area contributed by atoms with Crippen LogP contribution in [0.3, 0.4) is 0 Å². The molecule has 0 spiro atoms. The van der Waals surface area contributed by atoms with Crippen LogP contribution < -0.4 is 5.32 Å². The van der Waals surface area contributed by atoms with Crippen molar-refractivity contribution >= 4 is 40.9 Å². The van der Waals surface area contributed by atoms with Gasteiger partial charge < -0.3 is 10.1 Å². The van der Waals surface area contributed by atoms with E-state index in [9.17, 15) is 19.7 Å². The summed E-state index contributed by atoms with van der Waals surface area (Å²) in [6.07, 6.45) is 5.00. The van der Waals surface area contributed by atoms with E-state index in [1.54, 1.807) is 24.3 Å². The number of terminal acetylenes is 1. The number of halogens is 1. The topological polar surface area (TPSA) is 98.5 Å². The zero-order chi connectivity index (χ0) is 19.8. The Morgan fingerprint density at radius 3 is 2.59 bits per heavy atom. The summed E-state index contributed by atoms with van der Waals surface area (Å²) in [5, 5.41) is 14.3. The minimum absolute atomic E-state index is 0.0124. The monoisotopic (exact) mass is 404 g/mol. The van der Waals surface area contributed by atoms with Crippen LogP contribution in [0.15, 0.2) is 52.3 Å². The van der Waals surface area contributed by atoms with Gasteiger partial charge in [0.15, 0.2) is 6.61 Å². The summed E-state index contributed by atoms with van der Waals surface area (Å²) in [5.41, 5.74) is -0.284. The molecule has 0 bridgehead atoms. The van der Waals surface area contributed by atoms with E-state index in [1.807, 2.05) is 0 Å². The Bertz CT molecular complexity index is 909. The molecule has 1 amide bonds. The summed E-state index contributed by atoms with van der Waals surface area (Å²) in [6.45, 7) is -0.520. The predicted octanol–water partition coefficient (Wildman–Crippen LogP) is 3.31. The Morgan fingerprint density at radius 1 is 1.26 bits per heavy atom.